The van der Waals surface area contributed by atoms with Gasteiger partial charge >= 0.3 is 0 Å². The predicted molar refractivity (Wildman–Crippen MR) is 132 cm³/mol. The number of carbonyl (C=O) groups is 3. The minimum atomic E-state index is -0.475. The molecule has 8 nitrogen and oxygen atoms in total. The van der Waals surface area contributed by atoms with Crippen LogP contribution in [0.1, 0.15) is 54.1 Å². The lowest BCUT2D eigenvalue weighted by Gasteiger charge is -2.25. The number of pyridine rings is 1. The Labute approximate surface area is 202 Å². The summed E-state index contributed by atoms with van der Waals surface area (Å²) in [6, 6.07) is 10.9. The Balaban J connectivity index is 1.16. The van der Waals surface area contributed by atoms with Crippen LogP contribution in [0.3, 0.4) is 0 Å². The van der Waals surface area contributed by atoms with Gasteiger partial charge in [0.2, 0.25) is 5.91 Å². The van der Waals surface area contributed by atoms with Gasteiger partial charge in [0, 0.05) is 49.7 Å². The van der Waals surface area contributed by atoms with Crippen LogP contribution in [0.2, 0.25) is 0 Å². The lowest BCUT2D eigenvalue weighted by atomic mass is 10.1. The van der Waals surface area contributed by atoms with E-state index in [0.717, 1.165) is 56.0 Å². The first-order valence-electron chi connectivity index (χ1n) is 11.7. The maximum Gasteiger partial charge on any atom is 0.262 e. The van der Waals surface area contributed by atoms with Gasteiger partial charge in [0.15, 0.2) is 5.17 Å². The molecule has 2 saturated heterocycles. The number of amidine groups is 1. The second-order valence-corrected chi connectivity index (χ2v) is 9.97. The zero-order chi connectivity index (χ0) is 23.5. The third kappa shape index (κ3) is 4.84. The first-order valence-corrected chi connectivity index (χ1v) is 12.6. The molecule has 2 aromatic rings. The molecule has 176 valence electrons. The Kier molecular flexibility index (Phi) is 6.62. The van der Waals surface area contributed by atoms with Crippen molar-refractivity contribution >= 4 is 40.3 Å². The number of anilines is 1. The number of hydrogen-bond acceptors (Lipinski definition) is 6. The largest absolute Gasteiger partial charge is 0.351 e. The van der Waals surface area contributed by atoms with E-state index in [0.29, 0.717) is 11.3 Å². The lowest BCUT2D eigenvalue weighted by molar-refractivity contribution is -0.121. The molecule has 3 aliphatic heterocycles. The van der Waals surface area contributed by atoms with Crippen LogP contribution >= 0.6 is 11.8 Å². The van der Waals surface area contributed by atoms with E-state index < -0.39 is 5.25 Å². The molecule has 2 atom stereocenters. The van der Waals surface area contributed by atoms with Gasteiger partial charge in [0.1, 0.15) is 5.25 Å². The summed E-state index contributed by atoms with van der Waals surface area (Å²) in [7, 11) is 0. The molecule has 5 rings (SSSR count). The van der Waals surface area contributed by atoms with Gasteiger partial charge in [-0.1, -0.05) is 11.8 Å². The minimum Gasteiger partial charge on any atom is -0.351 e. The highest BCUT2D eigenvalue weighted by molar-refractivity contribution is 8.15. The SMILES string of the molecule is O=C(CC1SC(N2CCCC2)=NC1=O)Nc1ccc(C(=O)N2CCCC2c2ccncc2)cc1. The van der Waals surface area contributed by atoms with E-state index in [-0.39, 0.29) is 30.2 Å². The van der Waals surface area contributed by atoms with Gasteiger partial charge in [-0.15, -0.1) is 0 Å². The molecule has 0 aliphatic carbocycles. The number of aliphatic imine (C=N–C) groups is 1. The summed E-state index contributed by atoms with van der Waals surface area (Å²) in [5.41, 5.74) is 2.29. The molecule has 0 bridgehead atoms. The minimum absolute atomic E-state index is 0.0169. The quantitative estimate of drug-likeness (QED) is 0.709. The van der Waals surface area contributed by atoms with Gasteiger partial charge in [-0.3, -0.25) is 19.4 Å². The molecule has 2 fully saturated rings. The molecule has 0 spiro atoms. The topological polar surface area (TPSA) is 95.0 Å². The smallest absolute Gasteiger partial charge is 0.262 e. The Morgan fingerprint density at radius 2 is 1.74 bits per heavy atom. The van der Waals surface area contributed by atoms with Crippen LogP contribution in [-0.2, 0) is 9.59 Å². The summed E-state index contributed by atoms with van der Waals surface area (Å²) in [5, 5.41) is 3.11. The monoisotopic (exact) mass is 477 g/mol. The van der Waals surface area contributed by atoms with E-state index in [2.05, 4.69) is 20.2 Å². The predicted octanol–water partition coefficient (Wildman–Crippen LogP) is 3.48. The number of nitrogens with zero attached hydrogens (tertiary/aromatic N) is 4. The molecule has 0 radical (unpaired) electrons. The number of carbonyl (C=O) groups excluding carboxylic acids is 3. The molecule has 2 unspecified atom stereocenters. The van der Waals surface area contributed by atoms with Crippen LogP contribution in [0.4, 0.5) is 5.69 Å². The molecule has 0 saturated carbocycles. The summed E-state index contributed by atoms with van der Waals surface area (Å²) in [6.45, 7) is 2.56. The van der Waals surface area contributed by atoms with Crippen LogP contribution < -0.4 is 5.32 Å². The number of aromatic nitrogens is 1. The number of rotatable bonds is 5. The Hall–Kier alpha value is -3.20. The van der Waals surface area contributed by atoms with Gasteiger partial charge in [-0.05, 0) is 67.6 Å². The van der Waals surface area contributed by atoms with Crippen LogP contribution in [0.25, 0.3) is 0 Å². The number of likely N-dealkylation sites (tertiary alicyclic amines) is 2. The standard InChI is InChI=1S/C25H27N5O3S/c31-22(16-21-23(32)28-25(34-21)29-13-1-2-14-29)27-19-7-5-18(6-8-19)24(33)30-15-3-4-20(30)17-9-11-26-12-10-17/h5-12,20-21H,1-4,13-16H2,(H,27,31). The van der Waals surface area contributed by atoms with Crippen LogP contribution in [-0.4, -0.2) is 62.6 Å². The Bertz CT molecular complexity index is 1100. The lowest BCUT2D eigenvalue weighted by Crippen LogP contribution is -2.30. The summed E-state index contributed by atoms with van der Waals surface area (Å²) in [6.07, 6.45) is 7.71. The number of thioether (sulfide) groups is 1. The van der Waals surface area contributed by atoms with Crippen molar-refractivity contribution in [2.24, 2.45) is 4.99 Å². The van der Waals surface area contributed by atoms with Crippen molar-refractivity contribution in [3.05, 3.63) is 59.9 Å². The van der Waals surface area contributed by atoms with Crippen molar-refractivity contribution in [3.63, 3.8) is 0 Å². The van der Waals surface area contributed by atoms with E-state index in [9.17, 15) is 14.4 Å². The van der Waals surface area contributed by atoms with E-state index in [1.807, 2.05) is 17.0 Å². The van der Waals surface area contributed by atoms with E-state index in [4.69, 9.17) is 0 Å². The van der Waals surface area contributed by atoms with Crippen molar-refractivity contribution < 1.29 is 14.4 Å². The van der Waals surface area contributed by atoms with Crippen molar-refractivity contribution in [2.45, 2.75) is 43.4 Å². The number of benzene rings is 1. The molecule has 9 heteroatoms. The van der Waals surface area contributed by atoms with Crippen LogP contribution in [0.15, 0.2) is 53.8 Å². The molecule has 1 aromatic heterocycles. The van der Waals surface area contributed by atoms with E-state index in [1.54, 1.807) is 36.7 Å². The van der Waals surface area contributed by atoms with E-state index in [1.165, 1.54) is 11.8 Å². The van der Waals surface area contributed by atoms with Crippen molar-refractivity contribution in [2.75, 3.05) is 25.0 Å². The zero-order valence-electron chi connectivity index (χ0n) is 18.9. The third-order valence-corrected chi connectivity index (χ3v) is 7.71. The number of hydrogen-bond donors (Lipinski definition) is 1. The second kappa shape index (κ2) is 9.97. The van der Waals surface area contributed by atoms with Gasteiger partial charge in [0.25, 0.3) is 11.8 Å². The van der Waals surface area contributed by atoms with Gasteiger partial charge < -0.3 is 15.1 Å². The first kappa shape index (κ1) is 22.6. The maximum absolute atomic E-state index is 13.1. The fraction of sp³-hybridized carbons (Fsp3) is 0.400. The molecule has 1 N–H and O–H groups in total. The molecule has 1 aromatic carbocycles. The van der Waals surface area contributed by atoms with Crippen LogP contribution in [0, 0.1) is 0 Å². The zero-order valence-corrected chi connectivity index (χ0v) is 19.7. The molecule has 34 heavy (non-hydrogen) atoms. The summed E-state index contributed by atoms with van der Waals surface area (Å²) >= 11 is 1.39. The molecule has 3 amide bonds. The number of amides is 3. The molecular weight excluding hydrogens is 450 g/mol. The average Bonchev–Trinajstić information content (AvgIpc) is 3.62. The molecular formula is C25H27N5O3S. The van der Waals surface area contributed by atoms with Crippen molar-refractivity contribution in [3.8, 4) is 0 Å². The van der Waals surface area contributed by atoms with Gasteiger partial charge in [-0.25, -0.2) is 0 Å². The normalized spacial score (nSPS) is 22.2. The second-order valence-electron chi connectivity index (χ2n) is 8.80. The highest BCUT2D eigenvalue weighted by Crippen LogP contribution is 2.33. The fourth-order valence-corrected chi connectivity index (χ4v) is 5.85. The van der Waals surface area contributed by atoms with Gasteiger partial charge in [-0.2, -0.15) is 4.99 Å². The number of nitrogens with one attached hydrogen (secondary N) is 1. The summed E-state index contributed by atoms with van der Waals surface area (Å²) in [4.78, 5) is 50.2. The summed E-state index contributed by atoms with van der Waals surface area (Å²) in [5.74, 6) is -0.491. The average molecular weight is 478 g/mol. The third-order valence-electron chi connectivity index (χ3n) is 6.50. The Morgan fingerprint density at radius 1 is 1.00 bits per heavy atom. The Morgan fingerprint density at radius 3 is 2.47 bits per heavy atom. The van der Waals surface area contributed by atoms with Crippen molar-refractivity contribution in [1.29, 1.82) is 0 Å². The molecule has 4 heterocycles. The first-order chi connectivity index (χ1) is 16.6. The summed E-state index contributed by atoms with van der Waals surface area (Å²) < 4.78 is 0. The van der Waals surface area contributed by atoms with E-state index >= 15 is 0 Å². The van der Waals surface area contributed by atoms with Crippen molar-refractivity contribution in [1.82, 2.24) is 14.8 Å². The highest BCUT2D eigenvalue weighted by Gasteiger charge is 2.34. The van der Waals surface area contributed by atoms with Crippen LogP contribution in [0.5, 0.6) is 0 Å². The fourth-order valence-electron chi connectivity index (χ4n) is 4.74. The molecule has 3 aliphatic rings. The van der Waals surface area contributed by atoms with Gasteiger partial charge in [0.05, 0.1) is 6.04 Å². The highest BCUT2D eigenvalue weighted by atomic mass is 32.2. The maximum atomic E-state index is 13.1.